The van der Waals surface area contributed by atoms with Gasteiger partial charge in [0, 0.05) is 25.6 Å². The third kappa shape index (κ3) is 17.3. The SMILES string of the molecule is CC(=O)SCCCCCCCC(=O)NCCCC[C@@H](C(=O)O)N(CC(=O)O)CC(=O)O. The van der Waals surface area contributed by atoms with Crippen molar-refractivity contribution in [3.8, 4) is 0 Å². The number of thioether (sulfide) groups is 1. The highest BCUT2D eigenvalue weighted by Gasteiger charge is 2.28. The predicted molar refractivity (Wildman–Crippen MR) is 116 cm³/mol. The van der Waals surface area contributed by atoms with E-state index in [4.69, 9.17) is 10.2 Å². The lowest BCUT2D eigenvalue weighted by atomic mass is 10.1. The molecule has 0 saturated carbocycles. The Morgan fingerprint density at radius 2 is 1.42 bits per heavy atom. The van der Waals surface area contributed by atoms with Crippen LogP contribution in [0, 0.1) is 0 Å². The zero-order chi connectivity index (χ0) is 23.6. The minimum absolute atomic E-state index is 0.0692. The third-order valence-corrected chi connectivity index (χ3v) is 5.38. The standard InChI is InChI=1S/C20H34N2O8S/c1-15(23)31-12-8-4-2-3-5-10-17(24)21-11-7-6-9-16(20(29)30)22(13-18(25)26)14-19(27)28/h16H,2-14H2,1H3,(H,21,24)(H,25,26)(H,27,28)(H,29,30)/t16-/m0/s1. The molecule has 0 bridgehead atoms. The van der Waals surface area contributed by atoms with Crippen molar-refractivity contribution in [2.24, 2.45) is 0 Å². The molecule has 0 aromatic carbocycles. The molecule has 11 heteroatoms. The van der Waals surface area contributed by atoms with Gasteiger partial charge in [-0.15, -0.1) is 0 Å². The molecule has 0 fully saturated rings. The maximum absolute atomic E-state index is 11.8. The highest BCUT2D eigenvalue weighted by Crippen LogP contribution is 2.11. The van der Waals surface area contributed by atoms with Gasteiger partial charge in [-0.25, -0.2) is 0 Å². The summed E-state index contributed by atoms with van der Waals surface area (Å²) in [6.45, 7) is 0.595. The van der Waals surface area contributed by atoms with E-state index in [0.29, 0.717) is 25.8 Å². The van der Waals surface area contributed by atoms with Crippen molar-refractivity contribution >= 4 is 40.7 Å². The Morgan fingerprint density at radius 1 is 0.839 bits per heavy atom. The van der Waals surface area contributed by atoms with Crippen LogP contribution in [0.1, 0.15) is 64.7 Å². The molecule has 0 aromatic rings. The van der Waals surface area contributed by atoms with Crippen molar-refractivity contribution < 1.29 is 39.3 Å². The number of carbonyl (C=O) groups excluding carboxylic acids is 2. The second-order valence-corrected chi connectivity index (χ2v) is 8.52. The number of nitrogens with zero attached hydrogens (tertiary/aromatic N) is 1. The van der Waals surface area contributed by atoms with Crippen LogP contribution < -0.4 is 5.32 Å². The van der Waals surface area contributed by atoms with Crippen molar-refractivity contribution in [2.45, 2.75) is 70.8 Å². The highest BCUT2D eigenvalue weighted by atomic mass is 32.2. The summed E-state index contributed by atoms with van der Waals surface area (Å²) in [6.07, 6.45) is 6.21. The Bertz CT molecular complexity index is 584. The van der Waals surface area contributed by atoms with E-state index >= 15 is 0 Å². The van der Waals surface area contributed by atoms with Gasteiger partial charge in [-0.2, -0.15) is 0 Å². The van der Waals surface area contributed by atoms with Gasteiger partial charge in [0.2, 0.25) is 5.91 Å². The van der Waals surface area contributed by atoms with Crippen molar-refractivity contribution in [1.82, 2.24) is 10.2 Å². The number of carboxylic acids is 3. The largest absolute Gasteiger partial charge is 0.480 e. The van der Waals surface area contributed by atoms with E-state index in [2.05, 4.69) is 5.32 Å². The second-order valence-electron chi connectivity index (χ2n) is 7.25. The van der Waals surface area contributed by atoms with Gasteiger partial charge in [0.05, 0.1) is 13.1 Å². The van der Waals surface area contributed by atoms with Gasteiger partial charge in [0.15, 0.2) is 5.12 Å². The third-order valence-electron chi connectivity index (χ3n) is 4.48. The molecule has 0 radical (unpaired) electrons. The number of carboxylic acid groups (broad SMARTS) is 3. The summed E-state index contributed by atoms with van der Waals surface area (Å²) in [6, 6.07) is -1.21. The van der Waals surface area contributed by atoms with Crippen LogP contribution in [0.2, 0.25) is 0 Å². The fourth-order valence-corrected chi connectivity index (χ4v) is 3.63. The quantitative estimate of drug-likeness (QED) is 0.208. The van der Waals surface area contributed by atoms with Gasteiger partial charge >= 0.3 is 17.9 Å². The normalized spacial score (nSPS) is 11.8. The van der Waals surface area contributed by atoms with E-state index in [0.717, 1.165) is 42.8 Å². The van der Waals surface area contributed by atoms with Crippen molar-refractivity contribution in [1.29, 1.82) is 0 Å². The van der Waals surface area contributed by atoms with Gasteiger partial charge in [-0.3, -0.25) is 28.9 Å². The molecule has 10 nitrogen and oxygen atoms in total. The van der Waals surface area contributed by atoms with Crippen LogP contribution in [0.25, 0.3) is 0 Å². The van der Waals surface area contributed by atoms with Gasteiger partial charge < -0.3 is 20.6 Å². The second kappa shape index (κ2) is 17.5. The molecular weight excluding hydrogens is 428 g/mol. The Morgan fingerprint density at radius 3 is 1.97 bits per heavy atom. The van der Waals surface area contributed by atoms with Crippen LogP contribution >= 0.6 is 11.8 Å². The Hall–Kier alpha value is -2.14. The molecule has 178 valence electrons. The average molecular weight is 463 g/mol. The monoisotopic (exact) mass is 462 g/mol. The van der Waals surface area contributed by atoms with Crippen molar-refractivity contribution in [3.63, 3.8) is 0 Å². The van der Waals surface area contributed by atoms with Crippen molar-refractivity contribution in [3.05, 3.63) is 0 Å². The zero-order valence-electron chi connectivity index (χ0n) is 18.0. The zero-order valence-corrected chi connectivity index (χ0v) is 18.8. The number of rotatable bonds is 19. The average Bonchev–Trinajstić information content (AvgIpc) is 2.64. The van der Waals surface area contributed by atoms with Crippen LogP contribution in [0.5, 0.6) is 0 Å². The number of nitrogens with one attached hydrogen (secondary N) is 1. The summed E-state index contributed by atoms with van der Waals surface area (Å²) in [5, 5.41) is 30.0. The smallest absolute Gasteiger partial charge is 0.320 e. The molecule has 0 aliphatic heterocycles. The number of carbonyl (C=O) groups is 5. The molecule has 1 amide bonds. The summed E-state index contributed by atoms with van der Waals surface area (Å²) in [7, 11) is 0. The minimum Gasteiger partial charge on any atom is -0.480 e. The maximum atomic E-state index is 11.8. The van der Waals surface area contributed by atoms with Crippen LogP contribution in [0.3, 0.4) is 0 Å². The molecule has 4 N–H and O–H groups in total. The number of aliphatic carboxylic acids is 3. The highest BCUT2D eigenvalue weighted by molar-refractivity contribution is 8.13. The lowest BCUT2D eigenvalue weighted by Crippen LogP contribution is -2.46. The molecule has 0 aliphatic rings. The maximum Gasteiger partial charge on any atom is 0.320 e. The lowest BCUT2D eigenvalue weighted by Gasteiger charge is -2.25. The first-order valence-corrected chi connectivity index (χ1v) is 11.4. The van der Waals surface area contributed by atoms with Gasteiger partial charge in [-0.05, 0) is 32.1 Å². The molecule has 0 aliphatic carbocycles. The number of hydrogen-bond acceptors (Lipinski definition) is 7. The molecule has 1 atom stereocenters. The van der Waals surface area contributed by atoms with E-state index in [1.165, 1.54) is 11.8 Å². The topological polar surface area (TPSA) is 161 Å². The van der Waals surface area contributed by atoms with E-state index in [9.17, 15) is 29.1 Å². The fourth-order valence-electron chi connectivity index (χ4n) is 3.00. The number of hydrogen-bond donors (Lipinski definition) is 4. The van der Waals surface area contributed by atoms with Crippen LogP contribution in [0.4, 0.5) is 0 Å². The molecule has 0 saturated heterocycles. The first-order valence-electron chi connectivity index (χ1n) is 10.4. The predicted octanol–water partition coefficient (Wildman–Crippen LogP) is 1.82. The Labute approximate surface area is 186 Å². The summed E-state index contributed by atoms with van der Waals surface area (Å²) < 4.78 is 0. The minimum atomic E-state index is -1.30. The van der Waals surface area contributed by atoms with E-state index < -0.39 is 37.0 Å². The first-order chi connectivity index (χ1) is 14.6. The van der Waals surface area contributed by atoms with E-state index in [1.807, 2.05) is 0 Å². The molecular formula is C20H34N2O8S. The molecule has 0 heterocycles. The molecule has 31 heavy (non-hydrogen) atoms. The van der Waals surface area contributed by atoms with Crippen LogP contribution in [-0.4, -0.2) is 80.6 Å². The first kappa shape index (κ1) is 28.9. The van der Waals surface area contributed by atoms with Gasteiger partial charge in [-0.1, -0.05) is 31.0 Å². The summed E-state index contributed by atoms with van der Waals surface area (Å²) in [4.78, 5) is 56.7. The summed E-state index contributed by atoms with van der Waals surface area (Å²) >= 11 is 1.33. The molecule has 0 unspecified atom stereocenters. The van der Waals surface area contributed by atoms with E-state index in [-0.39, 0.29) is 17.4 Å². The molecule has 0 rings (SSSR count). The van der Waals surface area contributed by atoms with E-state index in [1.54, 1.807) is 6.92 Å². The molecule has 0 spiro atoms. The Balaban J connectivity index is 3.98. The lowest BCUT2D eigenvalue weighted by molar-refractivity contribution is -0.149. The number of unbranched alkanes of at least 4 members (excludes halogenated alkanes) is 5. The Kier molecular flexibility index (Phi) is 16.3. The molecule has 0 aromatic heterocycles. The summed E-state index contributed by atoms with van der Waals surface area (Å²) in [5.41, 5.74) is 0. The van der Waals surface area contributed by atoms with Crippen LogP contribution in [0.15, 0.2) is 0 Å². The fraction of sp³-hybridized carbons (Fsp3) is 0.750. The van der Waals surface area contributed by atoms with Gasteiger partial charge in [0.25, 0.3) is 0 Å². The van der Waals surface area contributed by atoms with Crippen molar-refractivity contribution in [2.75, 3.05) is 25.4 Å². The summed E-state index contributed by atoms with van der Waals surface area (Å²) in [5.74, 6) is -3.10. The number of amides is 1. The van der Waals surface area contributed by atoms with Crippen LogP contribution in [-0.2, 0) is 24.0 Å². The van der Waals surface area contributed by atoms with Gasteiger partial charge in [0.1, 0.15) is 6.04 Å².